The fourth-order valence-electron chi connectivity index (χ4n) is 2.36. The molecule has 1 aromatic carbocycles. The third-order valence-corrected chi connectivity index (χ3v) is 3.58. The van der Waals surface area contributed by atoms with Crippen molar-refractivity contribution in [2.24, 2.45) is 0 Å². The second-order valence-corrected chi connectivity index (χ2v) is 5.18. The number of hydrogen-bond acceptors (Lipinski definition) is 2. The average molecular weight is 301 g/mol. The number of aromatic nitrogens is 2. The van der Waals surface area contributed by atoms with Gasteiger partial charge in [0.2, 0.25) is 5.91 Å². The molecule has 0 unspecified atom stereocenters. The Morgan fingerprint density at radius 2 is 2.09 bits per heavy atom. The van der Waals surface area contributed by atoms with E-state index in [1.165, 1.54) is 18.2 Å². The SMILES string of the molecule is CCn1nc(C)c(/C=C/C(=O)Nc2ccc(F)cc2C)c1C. The van der Waals surface area contributed by atoms with Gasteiger partial charge in [-0.25, -0.2) is 4.39 Å². The van der Waals surface area contributed by atoms with Crippen molar-refractivity contribution in [3.8, 4) is 0 Å². The van der Waals surface area contributed by atoms with Crippen LogP contribution in [0.25, 0.3) is 6.08 Å². The first kappa shape index (κ1) is 15.9. The standard InChI is InChI=1S/C17H20FN3O/c1-5-21-13(4)15(12(3)20-21)7-9-17(22)19-16-8-6-14(18)10-11(16)2/h6-10H,5H2,1-4H3,(H,19,22)/b9-7+. The van der Waals surface area contributed by atoms with Gasteiger partial charge >= 0.3 is 0 Å². The quantitative estimate of drug-likeness (QED) is 0.877. The number of nitrogens with one attached hydrogen (secondary N) is 1. The highest BCUT2D eigenvalue weighted by Crippen LogP contribution is 2.17. The van der Waals surface area contributed by atoms with E-state index in [0.717, 1.165) is 23.5 Å². The van der Waals surface area contributed by atoms with Gasteiger partial charge in [0.05, 0.1) is 5.69 Å². The summed E-state index contributed by atoms with van der Waals surface area (Å²) >= 11 is 0. The van der Waals surface area contributed by atoms with Crippen LogP contribution in [0.3, 0.4) is 0 Å². The lowest BCUT2D eigenvalue weighted by Gasteiger charge is -2.06. The Balaban J connectivity index is 2.13. The number of hydrogen-bond donors (Lipinski definition) is 1. The molecule has 0 radical (unpaired) electrons. The summed E-state index contributed by atoms with van der Waals surface area (Å²) in [6, 6.07) is 4.27. The smallest absolute Gasteiger partial charge is 0.248 e. The third kappa shape index (κ3) is 3.42. The first-order valence-electron chi connectivity index (χ1n) is 7.21. The molecule has 0 aliphatic heterocycles. The summed E-state index contributed by atoms with van der Waals surface area (Å²) in [4.78, 5) is 12.0. The molecule has 2 aromatic rings. The Bertz CT molecular complexity index is 732. The van der Waals surface area contributed by atoms with E-state index in [9.17, 15) is 9.18 Å². The predicted octanol–water partition coefficient (Wildman–Crippen LogP) is 3.62. The molecule has 0 fully saturated rings. The molecule has 0 atom stereocenters. The number of nitrogens with zero attached hydrogens (tertiary/aromatic N) is 2. The van der Waals surface area contributed by atoms with Crippen LogP contribution < -0.4 is 5.32 Å². The molecule has 1 aromatic heterocycles. The zero-order valence-corrected chi connectivity index (χ0v) is 13.3. The van der Waals surface area contributed by atoms with Gasteiger partial charge in [-0.1, -0.05) is 0 Å². The number of amides is 1. The van der Waals surface area contributed by atoms with Crippen LogP contribution in [0.1, 0.15) is 29.4 Å². The molecule has 4 nitrogen and oxygen atoms in total. The minimum absolute atomic E-state index is 0.252. The maximum atomic E-state index is 13.0. The van der Waals surface area contributed by atoms with Crippen LogP contribution >= 0.6 is 0 Å². The minimum atomic E-state index is -0.315. The van der Waals surface area contributed by atoms with Crippen LogP contribution in [0.15, 0.2) is 24.3 Å². The summed E-state index contributed by atoms with van der Waals surface area (Å²) in [6.45, 7) is 8.46. The van der Waals surface area contributed by atoms with Crippen molar-refractivity contribution in [2.75, 3.05) is 5.32 Å². The van der Waals surface area contributed by atoms with Gasteiger partial charge in [-0.2, -0.15) is 5.10 Å². The monoisotopic (exact) mass is 301 g/mol. The van der Waals surface area contributed by atoms with Crippen LogP contribution in [0.2, 0.25) is 0 Å². The number of halogens is 1. The number of aryl methyl sites for hydroxylation is 3. The van der Waals surface area contributed by atoms with E-state index in [4.69, 9.17) is 0 Å². The lowest BCUT2D eigenvalue weighted by molar-refractivity contribution is -0.111. The maximum absolute atomic E-state index is 13.0. The van der Waals surface area contributed by atoms with Crippen LogP contribution in [0.5, 0.6) is 0 Å². The number of benzene rings is 1. The van der Waals surface area contributed by atoms with Gasteiger partial charge in [0.25, 0.3) is 0 Å². The topological polar surface area (TPSA) is 46.9 Å². The maximum Gasteiger partial charge on any atom is 0.248 e. The summed E-state index contributed by atoms with van der Waals surface area (Å²) in [5.41, 5.74) is 4.16. The number of carbonyl (C=O) groups is 1. The highest BCUT2D eigenvalue weighted by atomic mass is 19.1. The van der Waals surface area contributed by atoms with Crippen molar-refractivity contribution >= 4 is 17.7 Å². The lowest BCUT2D eigenvalue weighted by Crippen LogP contribution is -2.09. The minimum Gasteiger partial charge on any atom is -0.322 e. The molecule has 0 bridgehead atoms. The zero-order chi connectivity index (χ0) is 16.3. The van der Waals surface area contributed by atoms with E-state index >= 15 is 0 Å². The van der Waals surface area contributed by atoms with Gasteiger partial charge in [0, 0.05) is 29.6 Å². The molecule has 0 aliphatic carbocycles. The van der Waals surface area contributed by atoms with Crippen molar-refractivity contribution in [1.29, 1.82) is 0 Å². The Hall–Kier alpha value is -2.43. The molecule has 22 heavy (non-hydrogen) atoms. The van der Waals surface area contributed by atoms with Crippen LogP contribution in [0.4, 0.5) is 10.1 Å². The molecule has 0 spiro atoms. The van der Waals surface area contributed by atoms with Crippen LogP contribution in [0, 0.1) is 26.6 Å². The average Bonchev–Trinajstić information content (AvgIpc) is 2.74. The van der Waals surface area contributed by atoms with Gasteiger partial charge in [-0.3, -0.25) is 9.48 Å². The molecule has 0 saturated carbocycles. The van der Waals surface area contributed by atoms with Crippen molar-refractivity contribution in [3.63, 3.8) is 0 Å². The van der Waals surface area contributed by atoms with E-state index < -0.39 is 0 Å². The summed E-state index contributed by atoms with van der Waals surface area (Å²) < 4.78 is 14.9. The van der Waals surface area contributed by atoms with Crippen molar-refractivity contribution in [2.45, 2.75) is 34.2 Å². The lowest BCUT2D eigenvalue weighted by atomic mass is 10.1. The number of anilines is 1. The van der Waals surface area contributed by atoms with E-state index in [0.29, 0.717) is 11.3 Å². The van der Waals surface area contributed by atoms with E-state index in [2.05, 4.69) is 10.4 Å². The fourth-order valence-corrected chi connectivity index (χ4v) is 2.36. The summed E-state index contributed by atoms with van der Waals surface area (Å²) in [6.07, 6.45) is 3.23. The molecule has 5 heteroatoms. The Morgan fingerprint density at radius 1 is 1.36 bits per heavy atom. The molecule has 1 N–H and O–H groups in total. The van der Waals surface area contributed by atoms with Crippen molar-refractivity contribution in [3.05, 3.63) is 52.6 Å². The summed E-state index contributed by atoms with van der Waals surface area (Å²) in [5, 5.41) is 7.15. The van der Waals surface area contributed by atoms with Gasteiger partial charge in [0.1, 0.15) is 5.82 Å². The molecule has 0 saturated heterocycles. The normalized spacial score (nSPS) is 11.1. The van der Waals surface area contributed by atoms with Gasteiger partial charge in [-0.15, -0.1) is 0 Å². The Kier molecular flexibility index (Phi) is 4.75. The molecule has 116 valence electrons. The largest absolute Gasteiger partial charge is 0.322 e. The highest BCUT2D eigenvalue weighted by molar-refractivity contribution is 6.02. The van der Waals surface area contributed by atoms with Crippen LogP contribution in [-0.2, 0) is 11.3 Å². The second kappa shape index (κ2) is 6.56. The van der Waals surface area contributed by atoms with Crippen molar-refractivity contribution in [1.82, 2.24) is 9.78 Å². The first-order valence-corrected chi connectivity index (χ1v) is 7.21. The molecular weight excluding hydrogens is 281 g/mol. The second-order valence-electron chi connectivity index (χ2n) is 5.18. The molecule has 1 heterocycles. The number of carbonyl (C=O) groups excluding carboxylic acids is 1. The van der Waals surface area contributed by atoms with E-state index in [1.54, 1.807) is 19.1 Å². The summed E-state index contributed by atoms with van der Waals surface area (Å²) in [7, 11) is 0. The zero-order valence-electron chi connectivity index (χ0n) is 13.3. The van der Waals surface area contributed by atoms with E-state index in [-0.39, 0.29) is 11.7 Å². The fraction of sp³-hybridized carbons (Fsp3) is 0.294. The first-order chi connectivity index (χ1) is 10.4. The number of rotatable bonds is 4. The predicted molar refractivity (Wildman–Crippen MR) is 86.2 cm³/mol. The molecule has 0 aliphatic rings. The molecule has 2 rings (SSSR count). The van der Waals surface area contributed by atoms with Gasteiger partial charge in [-0.05, 0) is 57.5 Å². The summed E-state index contributed by atoms with van der Waals surface area (Å²) in [5.74, 6) is -0.568. The highest BCUT2D eigenvalue weighted by Gasteiger charge is 2.08. The Morgan fingerprint density at radius 3 is 2.68 bits per heavy atom. The van der Waals surface area contributed by atoms with E-state index in [1.807, 2.05) is 25.5 Å². The van der Waals surface area contributed by atoms with Crippen molar-refractivity contribution < 1.29 is 9.18 Å². The molecule has 1 amide bonds. The van der Waals surface area contributed by atoms with Gasteiger partial charge < -0.3 is 5.32 Å². The molecular formula is C17H20FN3O. The van der Waals surface area contributed by atoms with Gasteiger partial charge in [0.15, 0.2) is 0 Å². The third-order valence-electron chi connectivity index (χ3n) is 3.58. The van der Waals surface area contributed by atoms with Crippen LogP contribution in [-0.4, -0.2) is 15.7 Å². The Labute approximate surface area is 129 Å².